The van der Waals surface area contributed by atoms with E-state index < -0.39 is 54.5 Å². The van der Waals surface area contributed by atoms with Crippen molar-refractivity contribution in [3.63, 3.8) is 0 Å². The average Bonchev–Trinajstić information content (AvgIpc) is 3.11. The fourth-order valence-corrected chi connectivity index (χ4v) is 6.95. The van der Waals surface area contributed by atoms with Crippen LogP contribution in [0.25, 0.3) is 10.2 Å². The van der Waals surface area contributed by atoms with Crippen LogP contribution in [0.5, 0.6) is 0 Å². The van der Waals surface area contributed by atoms with Crippen molar-refractivity contribution in [2.75, 3.05) is 6.61 Å². The Bertz CT molecular complexity index is 1110. The summed E-state index contributed by atoms with van der Waals surface area (Å²) in [6.07, 6.45) is -5.61. The van der Waals surface area contributed by atoms with Gasteiger partial charge in [-0.25, -0.2) is 18.7 Å². The standard InChI is InChI=1S/C12H15ClNO13P3S/c13-5-1-2-6-8(3-5)31-12(14-6)11-10(16)9(15)7(25-11)4-24-29(20,21)27-30(22,23)26-28(17,18)19/h1-3,7,9-11,15-16H,4H2,(H,20,21)(H,22,23)(H2,17,18,19)/t7-,9-,10-,11-/m1/s1. The van der Waals surface area contributed by atoms with Crippen LogP contribution in [0.2, 0.25) is 5.02 Å². The maximum atomic E-state index is 11.8. The number of phosphoric acid groups is 3. The normalized spacial score (nSPS) is 28.5. The zero-order chi connectivity index (χ0) is 23.2. The summed E-state index contributed by atoms with van der Waals surface area (Å²) in [7, 11) is -16.6. The average molecular weight is 542 g/mol. The molecule has 19 heteroatoms. The predicted molar refractivity (Wildman–Crippen MR) is 104 cm³/mol. The van der Waals surface area contributed by atoms with Crippen molar-refractivity contribution >= 4 is 56.6 Å². The molecule has 1 fully saturated rings. The lowest BCUT2D eigenvalue weighted by Crippen LogP contribution is -2.33. The lowest BCUT2D eigenvalue weighted by Gasteiger charge is -2.19. The molecule has 1 saturated heterocycles. The number of aliphatic hydroxyl groups is 2. The highest BCUT2D eigenvalue weighted by Gasteiger charge is 2.47. The Labute approximate surface area is 182 Å². The molecule has 0 bridgehead atoms. The molecule has 14 nitrogen and oxygen atoms in total. The van der Waals surface area contributed by atoms with Crippen LogP contribution in [0.15, 0.2) is 18.2 Å². The van der Waals surface area contributed by atoms with Gasteiger partial charge in [0.1, 0.15) is 29.4 Å². The Morgan fingerprint density at radius 3 is 2.39 bits per heavy atom. The molecule has 1 aliphatic heterocycles. The molecule has 1 aliphatic rings. The van der Waals surface area contributed by atoms with Gasteiger partial charge in [0.25, 0.3) is 0 Å². The summed E-state index contributed by atoms with van der Waals surface area (Å²) in [5, 5.41) is 21.2. The van der Waals surface area contributed by atoms with E-state index in [1.807, 2.05) is 0 Å². The third-order valence-electron chi connectivity index (χ3n) is 3.79. The maximum absolute atomic E-state index is 11.8. The Morgan fingerprint density at radius 1 is 1.06 bits per heavy atom. The Kier molecular flexibility index (Phi) is 7.47. The second-order valence-corrected chi connectivity index (χ2v) is 12.0. The van der Waals surface area contributed by atoms with E-state index in [-0.39, 0.29) is 5.01 Å². The minimum Gasteiger partial charge on any atom is -0.387 e. The highest BCUT2D eigenvalue weighted by Crippen LogP contribution is 2.66. The smallest absolute Gasteiger partial charge is 0.387 e. The minimum atomic E-state index is -5.68. The first-order chi connectivity index (χ1) is 14.2. The Hall–Kier alpha value is -0.310. The fraction of sp³-hybridized carbons (Fsp3) is 0.417. The number of ether oxygens (including phenoxy) is 1. The third kappa shape index (κ3) is 6.61. The van der Waals surface area contributed by atoms with Gasteiger partial charge >= 0.3 is 23.5 Å². The third-order valence-corrected chi connectivity index (χ3v) is 8.91. The number of fused-ring (bicyclic) bond motifs is 1. The van der Waals surface area contributed by atoms with Crippen molar-refractivity contribution in [1.29, 1.82) is 0 Å². The zero-order valence-corrected chi connectivity index (χ0v) is 19.1. The van der Waals surface area contributed by atoms with Gasteiger partial charge in [0.2, 0.25) is 0 Å². The molecule has 2 heterocycles. The second-order valence-electron chi connectivity index (χ2n) is 6.13. The highest BCUT2D eigenvalue weighted by atomic mass is 35.5. The Morgan fingerprint density at radius 2 is 1.74 bits per heavy atom. The van der Waals surface area contributed by atoms with Crippen LogP contribution in [0.3, 0.4) is 0 Å². The van der Waals surface area contributed by atoms with Crippen molar-refractivity contribution < 1.29 is 61.4 Å². The molecule has 0 saturated carbocycles. The summed E-state index contributed by atoms with van der Waals surface area (Å²) in [6.45, 7) is -0.908. The van der Waals surface area contributed by atoms with Gasteiger partial charge in [0.05, 0.1) is 16.8 Å². The van der Waals surface area contributed by atoms with Gasteiger partial charge in [-0.2, -0.15) is 8.62 Å². The van der Waals surface area contributed by atoms with Crippen molar-refractivity contribution in [3.8, 4) is 0 Å². The van der Waals surface area contributed by atoms with Gasteiger partial charge in [-0.05, 0) is 18.2 Å². The van der Waals surface area contributed by atoms with E-state index in [4.69, 9.17) is 31.0 Å². The molecule has 0 spiro atoms. The Balaban J connectivity index is 1.66. The van der Waals surface area contributed by atoms with Gasteiger partial charge in [-0.1, -0.05) is 11.6 Å². The monoisotopic (exact) mass is 541 g/mol. The summed E-state index contributed by atoms with van der Waals surface area (Å²) in [5.74, 6) is 0. The summed E-state index contributed by atoms with van der Waals surface area (Å²) >= 11 is 7.05. The van der Waals surface area contributed by atoms with E-state index in [1.165, 1.54) is 0 Å². The van der Waals surface area contributed by atoms with E-state index in [0.29, 0.717) is 15.2 Å². The molecule has 174 valence electrons. The van der Waals surface area contributed by atoms with Crippen LogP contribution in [0, 0.1) is 0 Å². The van der Waals surface area contributed by atoms with Crippen LogP contribution in [-0.2, 0) is 31.6 Å². The molecule has 1 aromatic carbocycles. The number of benzene rings is 1. The number of aliphatic hydroxyl groups excluding tert-OH is 2. The molecule has 31 heavy (non-hydrogen) atoms. The van der Waals surface area contributed by atoms with Crippen LogP contribution in [0.1, 0.15) is 11.1 Å². The molecule has 2 unspecified atom stereocenters. The van der Waals surface area contributed by atoms with Gasteiger partial charge in [-0.3, -0.25) is 4.52 Å². The number of hydrogen-bond acceptors (Lipinski definition) is 11. The molecular formula is C12H15ClNO13P3S. The number of nitrogens with zero attached hydrogens (tertiary/aromatic N) is 1. The fourth-order valence-electron chi connectivity index (χ4n) is 2.60. The zero-order valence-electron chi connectivity index (χ0n) is 14.9. The first-order valence-electron chi connectivity index (χ1n) is 8.02. The van der Waals surface area contributed by atoms with E-state index in [0.717, 1.165) is 11.3 Å². The largest absolute Gasteiger partial charge is 0.490 e. The number of rotatable bonds is 8. The lowest BCUT2D eigenvalue weighted by molar-refractivity contribution is -0.0222. The van der Waals surface area contributed by atoms with Crippen LogP contribution >= 0.6 is 46.4 Å². The molecule has 0 radical (unpaired) electrons. The summed E-state index contributed by atoms with van der Waals surface area (Å²) < 4.78 is 51.5. The SMILES string of the molecule is O=P(O)(O)OP(=O)(O)OP(=O)(O)OC[C@H]1O[C@@H](c2nc3ccc(Cl)cc3s2)[C@H](O)[C@@H]1O. The van der Waals surface area contributed by atoms with Crippen LogP contribution < -0.4 is 0 Å². The summed E-state index contributed by atoms with van der Waals surface area (Å²) in [4.78, 5) is 39.9. The first kappa shape index (κ1) is 25.3. The quantitative estimate of drug-likeness (QED) is 0.260. The van der Waals surface area contributed by atoms with Gasteiger partial charge < -0.3 is 34.5 Å². The minimum absolute atomic E-state index is 0.282. The highest BCUT2D eigenvalue weighted by molar-refractivity contribution is 7.66. The maximum Gasteiger partial charge on any atom is 0.490 e. The van der Waals surface area contributed by atoms with Gasteiger partial charge in [0, 0.05) is 5.02 Å². The summed E-state index contributed by atoms with van der Waals surface area (Å²) in [5.41, 5.74) is 0.561. The van der Waals surface area contributed by atoms with Gasteiger partial charge in [-0.15, -0.1) is 11.3 Å². The molecule has 6 N–H and O–H groups in total. The molecular weight excluding hydrogens is 527 g/mol. The van der Waals surface area contributed by atoms with E-state index in [9.17, 15) is 28.8 Å². The van der Waals surface area contributed by atoms with Crippen molar-refractivity contribution in [1.82, 2.24) is 4.98 Å². The molecule has 2 aromatic rings. The first-order valence-corrected chi connectivity index (χ1v) is 13.7. The van der Waals surface area contributed by atoms with Crippen molar-refractivity contribution in [2.45, 2.75) is 24.4 Å². The molecule has 0 aliphatic carbocycles. The number of phosphoric ester groups is 1. The number of aromatic nitrogens is 1. The van der Waals surface area contributed by atoms with E-state index in [1.54, 1.807) is 18.2 Å². The van der Waals surface area contributed by atoms with Gasteiger partial charge in [0.15, 0.2) is 0 Å². The topological polar surface area (TPSA) is 222 Å². The molecule has 0 amide bonds. The lowest BCUT2D eigenvalue weighted by atomic mass is 10.1. The van der Waals surface area contributed by atoms with Crippen LogP contribution in [-0.4, -0.2) is 59.7 Å². The molecule has 6 atom stereocenters. The molecule has 3 rings (SSSR count). The second kappa shape index (κ2) is 9.15. The molecule has 1 aromatic heterocycles. The summed E-state index contributed by atoms with van der Waals surface area (Å²) in [6, 6.07) is 4.89. The van der Waals surface area contributed by atoms with Crippen molar-refractivity contribution in [3.05, 3.63) is 28.2 Å². The van der Waals surface area contributed by atoms with Crippen molar-refractivity contribution in [2.24, 2.45) is 0 Å². The van der Waals surface area contributed by atoms with E-state index in [2.05, 4.69) is 18.1 Å². The van der Waals surface area contributed by atoms with Crippen LogP contribution in [0.4, 0.5) is 0 Å². The number of hydrogen-bond donors (Lipinski definition) is 6. The number of thiazole rings is 1. The predicted octanol–water partition coefficient (Wildman–Crippen LogP) is 1.45. The van der Waals surface area contributed by atoms with E-state index >= 15 is 0 Å². The number of halogens is 1.